The minimum atomic E-state index is -0.287. The maximum absolute atomic E-state index is 12.5. The molecule has 0 aliphatic heterocycles. The second kappa shape index (κ2) is 9.16. The molecule has 2 rings (SSSR count). The molecule has 0 unspecified atom stereocenters. The molecule has 1 heterocycles. The summed E-state index contributed by atoms with van der Waals surface area (Å²) in [6.07, 6.45) is 4.55. The SMILES string of the molecule is CNC(=O)Cc1cccc(NC(=O)N[C@H](CC(C)(C)C)c2cccnc2)c1. The summed E-state index contributed by atoms with van der Waals surface area (Å²) in [5, 5.41) is 8.49. The largest absolute Gasteiger partial charge is 0.359 e. The first-order valence-corrected chi connectivity index (χ1v) is 9.04. The molecule has 6 nitrogen and oxygen atoms in total. The van der Waals surface area contributed by atoms with Gasteiger partial charge in [-0.3, -0.25) is 9.78 Å². The van der Waals surface area contributed by atoms with E-state index in [0.29, 0.717) is 5.69 Å². The van der Waals surface area contributed by atoms with Gasteiger partial charge in [0.1, 0.15) is 0 Å². The average Bonchev–Trinajstić information content (AvgIpc) is 2.61. The molecule has 0 saturated carbocycles. The van der Waals surface area contributed by atoms with Crippen molar-refractivity contribution in [3.8, 4) is 0 Å². The summed E-state index contributed by atoms with van der Waals surface area (Å²) in [6.45, 7) is 6.41. The Morgan fingerprint density at radius 3 is 2.56 bits per heavy atom. The molecule has 0 saturated heterocycles. The Labute approximate surface area is 160 Å². The fraction of sp³-hybridized carbons (Fsp3) is 0.381. The van der Waals surface area contributed by atoms with E-state index < -0.39 is 0 Å². The molecule has 144 valence electrons. The lowest BCUT2D eigenvalue weighted by atomic mass is 9.86. The summed E-state index contributed by atoms with van der Waals surface area (Å²) < 4.78 is 0. The van der Waals surface area contributed by atoms with E-state index in [9.17, 15) is 9.59 Å². The highest BCUT2D eigenvalue weighted by atomic mass is 16.2. The molecule has 0 radical (unpaired) electrons. The van der Waals surface area contributed by atoms with Crippen molar-refractivity contribution in [1.29, 1.82) is 0 Å². The lowest BCUT2D eigenvalue weighted by Gasteiger charge is -2.27. The lowest BCUT2D eigenvalue weighted by molar-refractivity contribution is -0.119. The zero-order chi connectivity index (χ0) is 19.9. The smallest absolute Gasteiger partial charge is 0.319 e. The van der Waals surface area contributed by atoms with Crippen LogP contribution >= 0.6 is 0 Å². The molecule has 1 aromatic carbocycles. The number of hydrogen-bond donors (Lipinski definition) is 3. The fourth-order valence-corrected chi connectivity index (χ4v) is 2.80. The van der Waals surface area contributed by atoms with Gasteiger partial charge >= 0.3 is 6.03 Å². The maximum Gasteiger partial charge on any atom is 0.319 e. The highest BCUT2D eigenvalue weighted by Crippen LogP contribution is 2.29. The van der Waals surface area contributed by atoms with Gasteiger partial charge in [-0.05, 0) is 41.2 Å². The summed E-state index contributed by atoms with van der Waals surface area (Å²) in [5.74, 6) is -0.0709. The van der Waals surface area contributed by atoms with Gasteiger partial charge in [-0.15, -0.1) is 0 Å². The van der Waals surface area contributed by atoms with E-state index in [-0.39, 0.29) is 29.8 Å². The van der Waals surface area contributed by atoms with Crippen molar-refractivity contribution < 1.29 is 9.59 Å². The molecule has 3 N–H and O–H groups in total. The highest BCUT2D eigenvalue weighted by molar-refractivity contribution is 5.89. The van der Waals surface area contributed by atoms with E-state index >= 15 is 0 Å². The van der Waals surface area contributed by atoms with Crippen LogP contribution in [0.2, 0.25) is 0 Å². The molecule has 2 aromatic rings. The fourth-order valence-electron chi connectivity index (χ4n) is 2.80. The molecule has 0 aliphatic rings. The van der Waals surface area contributed by atoms with Crippen molar-refractivity contribution in [2.45, 2.75) is 39.7 Å². The molecule has 0 spiro atoms. The van der Waals surface area contributed by atoms with E-state index in [1.165, 1.54) is 0 Å². The standard InChI is InChI=1S/C21H28N4O2/c1-21(2,3)13-18(16-8-6-10-23-14-16)25-20(27)24-17-9-5-7-15(11-17)12-19(26)22-4/h5-11,14,18H,12-13H2,1-4H3,(H,22,26)(H2,24,25,27)/t18-/m1/s1. The number of rotatable bonds is 6. The molecule has 0 bridgehead atoms. The number of pyridine rings is 1. The number of carbonyl (C=O) groups is 2. The molecule has 0 aliphatic carbocycles. The highest BCUT2D eigenvalue weighted by Gasteiger charge is 2.22. The zero-order valence-corrected chi connectivity index (χ0v) is 16.4. The summed E-state index contributed by atoms with van der Waals surface area (Å²) in [6, 6.07) is 10.7. The van der Waals surface area contributed by atoms with Gasteiger partial charge < -0.3 is 16.0 Å². The zero-order valence-electron chi connectivity index (χ0n) is 16.4. The Hall–Kier alpha value is -2.89. The van der Waals surface area contributed by atoms with Crippen LogP contribution in [0.25, 0.3) is 0 Å². The number of nitrogens with zero attached hydrogens (tertiary/aromatic N) is 1. The second-order valence-corrected chi connectivity index (χ2v) is 7.75. The number of benzene rings is 1. The van der Waals surface area contributed by atoms with Gasteiger partial charge in [-0.1, -0.05) is 39.0 Å². The predicted molar refractivity (Wildman–Crippen MR) is 107 cm³/mol. The third-order valence-corrected chi connectivity index (χ3v) is 4.04. The topological polar surface area (TPSA) is 83.1 Å². The molecule has 1 aromatic heterocycles. The number of anilines is 1. The van der Waals surface area contributed by atoms with E-state index in [0.717, 1.165) is 17.5 Å². The van der Waals surface area contributed by atoms with Crippen molar-refractivity contribution in [3.63, 3.8) is 0 Å². The van der Waals surface area contributed by atoms with Crippen LogP contribution in [-0.2, 0) is 11.2 Å². The molecular formula is C21H28N4O2. The van der Waals surface area contributed by atoms with Gasteiger partial charge in [0.15, 0.2) is 0 Å². The van der Waals surface area contributed by atoms with Gasteiger partial charge in [0, 0.05) is 25.1 Å². The monoisotopic (exact) mass is 368 g/mol. The van der Waals surface area contributed by atoms with Crippen LogP contribution in [0.4, 0.5) is 10.5 Å². The number of urea groups is 1. The molecule has 27 heavy (non-hydrogen) atoms. The van der Waals surface area contributed by atoms with Gasteiger partial charge in [-0.2, -0.15) is 0 Å². The van der Waals surface area contributed by atoms with Crippen molar-refractivity contribution in [2.24, 2.45) is 5.41 Å². The van der Waals surface area contributed by atoms with E-state index in [1.54, 1.807) is 31.6 Å². The Morgan fingerprint density at radius 1 is 1.15 bits per heavy atom. The number of likely N-dealkylation sites (N-methyl/N-ethyl adjacent to an activating group) is 1. The Kier molecular flexibility index (Phi) is 6.93. The predicted octanol–water partition coefficient (Wildman–Crippen LogP) is 3.67. The third-order valence-electron chi connectivity index (χ3n) is 4.04. The molecular weight excluding hydrogens is 340 g/mol. The second-order valence-electron chi connectivity index (χ2n) is 7.75. The van der Waals surface area contributed by atoms with Gasteiger partial charge in [0.25, 0.3) is 0 Å². The van der Waals surface area contributed by atoms with Gasteiger partial charge in [-0.25, -0.2) is 4.79 Å². The molecule has 6 heteroatoms. The van der Waals surface area contributed by atoms with Crippen LogP contribution in [-0.4, -0.2) is 24.0 Å². The molecule has 1 atom stereocenters. The normalized spacial score (nSPS) is 12.1. The Bertz CT molecular complexity index is 769. The quantitative estimate of drug-likeness (QED) is 0.727. The summed E-state index contributed by atoms with van der Waals surface area (Å²) in [7, 11) is 1.60. The summed E-state index contributed by atoms with van der Waals surface area (Å²) in [5.41, 5.74) is 2.50. The number of aromatic nitrogens is 1. The van der Waals surface area contributed by atoms with E-state index in [2.05, 4.69) is 41.7 Å². The van der Waals surface area contributed by atoms with Crippen LogP contribution in [0, 0.1) is 5.41 Å². The van der Waals surface area contributed by atoms with E-state index in [4.69, 9.17) is 0 Å². The van der Waals surface area contributed by atoms with Crippen molar-refractivity contribution in [2.75, 3.05) is 12.4 Å². The van der Waals surface area contributed by atoms with Crippen LogP contribution in [0.3, 0.4) is 0 Å². The van der Waals surface area contributed by atoms with Crippen LogP contribution < -0.4 is 16.0 Å². The number of amides is 3. The minimum Gasteiger partial charge on any atom is -0.359 e. The first-order valence-electron chi connectivity index (χ1n) is 9.04. The summed E-state index contributed by atoms with van der Waals surface area (Å²) >= 11 is 0. The van der Waals surface area contributed by atoms with Crippen molar-refractivity contribution in [1.82, 2.24) is 15.6 Å². The van der Waals surface area contributed by atoms with Crippen molar-refractivity contribution >= 4 is 17.6 Å². The number of carbonyl (C=O) groups excluding carboxylic acids is 2. The van der Waals surface area contributed by atoms with Gasteiger partial charge in [0.2, 0.25) is 5.91 Å². The lowest BCUT2D eigenvalue weighted by Crippen LogP contribution is -2.34. The van der Waals surface area contributed by atoms with Crippen LogP contribution in [0.1, 0.15) is 44.4 Å². The number of hydrogen-bond acceptors (Lipinski definition) is 3. The minimum absolute atomic E-state index is 0.0429. The maximum atomic E-state index is 12.5. The van der Waals surface area contributed by atoms with Crippen LogP contribution in [0.15, 0.2) is 48.8 Å². The van der Waals surface area contributed by atoms with Crippen LogP contribution in [0.5, 0.6) is 0 Å². The van der Waals surface area contributed by atoms with E-state index in [1.807, 2.05) is 24.3 Å². The third kappa shape index (κ3) is 7.09. The van der Waals surface area contributed by atoms with Gasteiger partial charge in [0.05, 0.1) is 12.5 Å². The Morgan fingerprint density at radius 2 is 1.93 bits per heavy atom. The average molecular weight is 368 g/mol. The molecule has 0 fully saturated rings. The van der Waals surface area contributed by atoms with Crippen molar-refractivity contribution in [3.05, 3.63) is 59.9 Å². The summed E-state index contributed by atoms with van der Waals surface area (Å²) in [4.78, 5) is 28.2. The first-order chi connectivity index (χ1) is 12.8. The molecule has 3 amide bonds. The Balaban J connectivity index is 2.07. The number of nitrogens with one attached hydrogen (secondary N) is 3. The first kappa shape index (κ1) is 20.4.